The zero-order valence-corrected chi connectivity index (χ0v) is 15.1. The van der Waals surface area contributed by atoms with Gasteiger partial charge in [0.05, 0.1) is 5.56 Å². The molecule has 10 nitrogen and oxygen atoms in total. The highest BCUT2D eigenvalue weighted by Gasteiger charge is 2.18. The van der Waals surface area contributed by atoms with Crippen molar-refractivity contribution in [2.45, 2.75) is 26.3 Å². The molecule has 3 aromatic heterocycles. The molecule has 0 aliphatic heterocycles. The summed E-state index contributed by atoms with van der Waals surface area (Å²) >= 11 is 0. The third-order valence-electron chi connectivity index (χ3n) is 3.89. The van der Waals surface area contributed by atoms with Gasteiger partial charge in [0, 0.05) is 25.4 Å². The fraction of sp³-hybridized carbons (Fsp3) is 0.294. The van der Waals surface area contributed by atoms with Crippen molar-refractivity contribution >= 4 is 23.1 Å². The number of hydrogen-bond acceptors (Lipinski definition) is 6. The van der Waals surface area contributed by atoms with Crippen LogP contribution in [0, 0.1) is 0 Å². The summed E-state index contributed by atoms with van der Waals surface area (Å²) in [6.07, 6.45) is 4.38. The zero-order valence-electron chi connectivity index (χ0n) is 15.1. The highest BCUT2D eigenvalue weighted by molar-refractivity contribution is 5.95. The normalized spacial score (nSPS) is 11.0. The lowest BCUT2D eigenvalue weighted by Crippen LogP contribution is -2.32. The van der Waals surface area contributed by atoms with Gasteiger partial charge in [-0.25, -0.2) is 14.6 Å². The zero-order chi connectivity index (χ0) is 19.6. The second-order valence-corrected chi connectivity index (χ2v) is 6.18. The van der Waals surface area contributed by atoms with E-state index in [0.717, 1.165) is 4.68 Å². The van der Waals surface area contributed by atoms with Crippen molar-refractivity contribution in [3.63, 3.8) is 0 Å². The van der Waals surface area contributed by atoms with Crippen LogP contribution in [0.3, 0.4) is 0 Å². The Morgan fingerprint density at radius 2 is 2.07 bits per heavy atom. The molecule has 3 rings (SSSR count). The summed E-state index contributed by atoms with van der Waals surface area (Å²) in [6, 6.07) is 3.03. The second kappa shape index (κ2) is 7.36. The largest absolute Gasteiger partial charge is 0.355 e. The molecule has 0 spiro atoms. The Bertz CT molecular complexity index is 1050. The SMILES string of the molecule is CNC(=O)c1cc2c(=O)n(CC(=O)Nc3ccncn3)nc(C(C)C)n2c1. The number of amides is 2. The van der Waals surface area contributed by atoms with Crippen LogP contribution in [0.5, 0.6) is 0 Å². The van der Waals surface area contributed by atoms with Gasteiger partial charge in [-0.05, 0) is 12.1 Å². The van der Waals surface area contributed by atoms with Gasteiger partial charge >= 0.3 is 0 Å². The van der Waals surface area contributed by atoms with Gasteiger partial charge in [-0.1, -0.05) is 13.8 Å². The first kappa shape index (κ1) is 18.2. The van der Waals surface area contributed by atoms with Crippen LogP contribution in [-0.2, 0) is 11.3 Å². The van der Waals surface area contributed by atoms with Crippen LogP contribution < -0.4 is 16.2 Å². The smallest absolute Gasteiger partial charge is 0.291 e. The molecule has 2 amide bonds. The average Bonchev–Trinajstić information content (AvgIpc) is 3.09. The third-order valence-corrected chi connectivity index (χ3v) is 3.89. The number of fused-ring (bicyclic) bond motifs is 1. The van der Waals surface area contributed by atoms with Gasteiger partial charge in [0.2, 0.25) is 5.91 Å². The van der Waals surface area contributed by atoms with Gasteiger partial charge in [-0.2, -0.15) is 5.10 Å². The fourth-order valence-corrected chi connectivity index (χ4v) is 2.62. The van der Waals surface area contributed by atoms with E-state index in [1.807, 2.05) is 13.8 Å². The Balaban J connectivity index is 2.00. The van der Waals surface area contributed by atoms with E-state index in [1.165, 1.54) is 25.6 Å². The van der Waals surface area contributed by atoms with Crippen LogP contribution in [0.15, 0.2) is 35.6 Å². The van der Waals surface area contributed by atoms with Gasteiger partial charge in [-0.3, -0.25) is 18.8 Å². The van der Waals surface area contributed by atoms with Crippen LogP contribution in [0.4, 0.5) is 5.82 Å². The summed E-state index contributed by atoms with van der Waals surface area (Å²) in [5.74, 6) is 0.114. The van der Waals surface area contributed by atoms with Gasteiger partial charge in [0.25, 0.3) is 11.5 Å². The molecule has 3 heterocycles. The number of aromatic nitrogens is 5. The van der Waals surface area contributed by atoms with Crippen molar-refractivity contribution in [1.82, 2.24) is 29.5 Å². The summed E-state index contributed by atoms with van der Waals surface area (Å²) in [5.41, 5.74) is 0.163. The maximum absolute atomic E-state index is 12.8. The monoisotopic (exact) mass is 369 g/mol. The highest BCUT2D eigenvalue weighted by atomic mass is 16.2. The molecule has 140 valence electrons. The third kappa shape index (κ3) is 3.68. The molecule has 0 unspecified atom stereocenters. The molecule has 10 heteroatoms. The van der Waals surface area contributed by atoms with E-state index >= 15 is 0 Å². The van der Waals surface area contributed by atoms with Crippen LogP contribution in [0.2, 0.25) is 0 Å². The lowest BCUT2D eigenvalue weighted by molar-refractivity contribution is -0.117. The Hall–Kier alpha value is -3.56. The Kier molecular flexibility index (Phi) is 4.97. The Morgan fingerprint density at radius 3 is 2.70 bits per heavy atom. The van der Waals surface area contributed by atoms with Crippen molar-refractivity contribution in [1.29, 1.82) is 0 Å². The maximum Gasteiger partial charge on any atom is 0.291 e. The standard InChI is InChI=1S/C17H19N7O3/c1-10(2)15-22-24(8-14(25)21-13-4-5-19-9-20-13)17(27)12-6-11(7-23(12)15)16(26)18-3/h4-7,9-10H,8H2,1-3H3,(H,18,26)(H,19,20,21,25). The topological polar surface area (TPSA) is 123 Å². The molecule has 0 aromatic carbocycles. The molecule has 0 saturated heterocycles. The average molecular weight is 369 g/mol. The van der Waals surface area contributed by atoms with Gasteiger partial charge < -0.3 is 10.6 Å². The minimum Gasteiger partial charge on any atom is -0.355 e. The molecule has 0 fully saturated rings. The van der Waals surface area contributed by atoms with Crippen molar-refractivity contribution in [3.8, 4) is 0 Å². The number of carbonyl (C=O) groups excluding carboxylic acids is 2. The molecule has 0 atom stereocenters. The highest BCUT2D eigenvalue weighted by Crippen LogP contribution is 2.15. The van der Waals surface area contributed by atoms with E-state index in [-0.39, 0.29) is 23.9 Å². The lowest BCUT2D eigenvalue weighted by atomic mass is 10.2. The first-order chi connectivity index (χ1) is 12.9. The molecule has 2 N–H and O–H groups in total. The summed E-state index contributed by atoms with van der Waals surface area (Å²) in [7, 11) is 1.52. The van der Waals surface area contributed by atoms with Gasteiger partial charge in [0.1, 0.15) is 30.0 Å². The molecular weight excluding hydrogens is 350 g/mol. The quantitative estimate of drug-likeness (QED) is 0.671. The van der Waals surface area contributed by atoms with Crippen molar-refractivity contribution in [2.75, 3.05) is 12.4 Å². The fourth-order valence-electron chi connectivity index (χ4n) is 2.62. The summed E-state index contributed by atoms with van der Waals surface area (Å²) in [4.78, 5) is 44.6. The molecule has 3 aromatic rings. The van der Waals surface area contributed by atoms with Crippen molar-refractivity contribution in [3.05, 3.63) is 52.6 Å². The number of rotatable bonds is 5. The number of anilines is 1. The van der Waals surface area contributed by atoms with Gasteiger partial charge in [-0.15, -0.1) is 0 Å². The summed E-state index contributed by atoms with van der Waals surface area (Å²) in [5, 5.41) is 9.43. The first-order valence-electron chi connectivity index (χ1n) is 8.31. The van der Waals surface area contributed by atoms with Crippen LogP contribution in [0.25, 0.3) is 5.52 Å². The van der Waals surface area contributed by atoms with E-state index in [9.17, 15) is 14.4 Å². The summed E-state index contributed by atoms with van der Waals surface area (Å²) in [6.45, 7) is 3.55. The minimum atomic E-state index is -0.465. The Morgan fingerprint density at radius 1 is 1.30 bits per heavy atom. The van der Waals surface area contributed by atoms with Gasteiger partial charge in [0.15, 0.2) is 0 Å². The Labute approximate surface area is 154 Å². The van der Waals surface area contributed by atoms with E-state index in [4.69, 9.17) is 0 Å². The molecule has 27 heavy (non-hydrogen) atoms. The molecule has 0 radical (unpaired) electrons. The molecule has 0 aliphatic rings. The molecule has 0 aliphatic carbocycles. The first-order valence-corrected chi connectivity index (χ1v) is 8.31. The maximum atomic E-state index is 12.8. The van der Waals surface area contributed by atoms with Crippen LogP contribution >= 0.6 is 0 Å². The molecule has 0 bridgehead atoms. The number of carbonyl (C=O) groups is 2. The van der Waals surface area contributed by atoms with E-state index in [1.54, 1.807) is 16.7 Å². The van der Waals surface area contributed by atoms with E-state index < -0.39 is 11.5 Å². The second-order valence-electron chi connectivity index (χ2n) is 6.18. The lowest BCUT2D eigenvalue weighted by Gasteiger charge is -2.12. The number of nitrogens with zero attached hydrogens (tertiary/aromatic N) is 5. The number of hydrogen-bond donors (Lipinski definition) is 2. The number of nitrogens with one attached hydrogen (secondary N) is 2. The van der Waals surface area contributed by atoms with Crippen LogP contribution in [0.1, 0.15) is 35.9 Å². The minimum absolute atomic E-state index is 0.0331. The molecule has 0 saturated carbocycles. The van der Waals surface area contributed by atoms with Crippen molar-refractivity contribution < 1.29 is 9.59 Å². The predicted octanol–water partition coefficient (Wildman–Crippen LogP) is 0.408. The summed E-state index contributed by atoms with van der Waals surface area (Å²) < 4.78 is 2.69. The molecular formula is C17H19N7O3. The van der Waals surface area contributed by atoms with Crippen molar-refractivity contribution in [2.24, 2.45) is 0 Å². The van der Waals surface area contributed by atoms with E-state index in [2.05, 4.69) is 25.7 Å². The van der Waals surface area contributed by atoms with Crippen LogP contribution in [-0.4, -0.2) is 43.0 Å². The predicted molar refractivity (Wildman–Crippen MR) is 97.6 cm³/mol. The van der Waals surface area contributed by atoms with E-state index in [0.29, 0.717) is 17.2 Å².